The quantitative estimate of drug-likeness (QED) is 0.676. The van der Waals surface area contributed by atoms with Crippen molar-refractivity contribution in [2.45, 2.75) is 46.1 Å². The van der Waals surface area contributed by atoms with Gasteiger partial charge in [0.1, 0.15) is 0 Å². The predicted molar refractivity (Wildman–Crippen MR) is 84.3 cm³/mol. The highest BCUT2D eigenvalue weighted by Crippen LogP contribution is 2.22. The van der Waals surface area contributed by atoms with Crippen LogP contribution in [0.25, 0.3) is 0 Å². The zero-order valence-corrected chi connectivity index (χ0v) is 14.2. The first-order chi connectivity index (χ1) is 9.76. The number of rotatable bonds is 9. The molecule has 1 saturated heterocycles. The minimum atomic E-state index is -3.50. The third kappa shape index (κ3) is 6.32. The molecule has 7 heteroatoms. The van der Waals surface area contributed by atoms with Gasteiger partial charge in [0.15, 0.2) is 0 Å². The third-order valence-electron chi connectivity index (χ3n) is 4.23. The lowest BCUT2D eigenvalue weighted by Gasteiger charge is -2.26. The van der Waals surface area contributed by atoms with E-state index in [1.54, 1.807) is 0 Å². The van der Waals surface area contributed by atoms with E-state index < -0.39 is 10.0 Å². The fraction of sp³-hybridized carbons (Fsp3) is 0.929. The van der Waals surface area contributed by atoms with E-state index in [4.69, 9.17) is 5.14 Å². The number of carbonyl (C=O) groups is 1. The van der Waals surface area contributed by atoms with Crippen molar-refractivity contribution >= 4 is 15.9 Å². The van der Waals surface area contributed by atoms with Gasteiger partial charge in [-0.1, -0.05) is 13.8 Å². The zero-order chi connectivity index (χ0) is 16.0. The number of amides is 1. The van der Waals surface area contributed by atoms with Gasteiger partial charge in [-0.25, -0.2) is 13.6 Å². The van der Waals surface area contributed by atoms with Crippen molar-refractivity contribution in [3.63, 3.8) is 0 Å². The molecule has 1 rings (SSSR count). The molecule has 0 aromatic carbocycles. The molecule has 1 aliphatic rings. The number of sulfonamides is 1. The summed E-state index contributed by atoms with van der Waals surface area (Å²) in [4.78, 5) is 16.2. The van der Waals surface area contributed by atoms with E-state index in [1.807, 2.05) is 11.8 Å². The van der Waals surface area contributed by atoms with Crippen LogP contribution in [-0.2, 0) is 14.8 Å². The normalized spacial score (nSPS) is 21.3. The summed E-state index contributed by atoms with van der Waals surface area (Å²) in [5, 5.41) is 5.06. The van der Waals surface area contributed by atoms with Crippen LogP contribution in [0.1, 0.15) is 40.0 Å². The fourth-order valence-corrected chi connectivity index (χ4v) is 3.86. The fourth-order valence-electron chi connectivity index (χ4n) is 2.98. The van der Waals surface area contributed by atoms with Crippen molar-refractivity contribution in [2.24, 2.45) is 11.1 Å². The lowest BCUT2D eigenvalue weighted by atomic mass is 10.1. The Kier molecular flexibility index (Phi) is 7.09. The highest BCUT2D eigenvalue weighted by molar-refractivity contribution is 7.89. The van der Waals surface area contributed by atoms with Gasteiger partial charge in [0.2, 0.25) is 15.9 Å². The molecule has 2 atom stereocenters. The largest absolute Gasteiger partial charge is 0.340 e. The van der Waals surface area contributed by atoms with E-state index in [0.29, 0.717) is 13.0 Å². The molecule has 124 valence electrons. The Hall–Kier alpha value is -0.660. The summed E-state index contributed by atoms with van der Waals surface area (Å²) in [6.07, 6.45) is 2.30. The van der Waals surface area contributed by atoms with Crippen molar-refractivity contribution in [1.29, 1.82) is 0 Å². The van der Waals surface area contributed by atoms with Crippen LogP contribution in [0.3, 0.4) is 0 Å². The van der Waals surface area contributed by atoms with Crippen LogP contribution in [0.2, 0.25) is 0 Å². The lowest BCUT2D eigenvalue weighted by molar-refractivity contribution is -0.129. The maximum atomic E-state index is 12.0. The predicted octanol–water partition coefficient (Wildman–Crippen LogP) is 0.634. The molecule has 6 nitrogen and oxygen atoms in total. The number of nitrogens with zero attached hydrogens (tertiary/aromatic N) is 2. The van der Waals surface area contributed by atoms with Crippen molar-refractivity contribution in [3.05, 3.63) is 0 Å². The smallest absolute Gasteiger partial charge is 0.223 e. The van der Waals surface area contributed by atoms with E-state index in [9.17, 15) is 13.2 Å². The van der Waals surface area contributed by atoms with Crippen LogP contribution in [0.15, 0.2) is 0 Å². The maximum absolute atomic E-state index is 12.0. The van der Waals surface area contributed by atoms with Gasteiger partial charge < -0.3 is 9.80 Å². The van der Waals surface area contributed by atoms with Gasteiger partial charge in [0.05, 0.1) is 5.75 Å². The Balaban J connectivity index is 2.40. The number of hydrogen-bond acceptors (Lipinski definition) is 4. The monoisotopic (exact) mass is 319 g/mol. The van der Waals surface area contributed by atoms with E-state index >= 15 is 0 Å². The van der Waals surface area contributed by atoms with E-state index in [2.05, 4.69) is 18.7 Å². The molecule has 0 aliphatic carbocycles. The Morgan fingerprint density at radius 1 is 1.38 bits per heavy atom. The topological polar surface area (TPSA) is 83.7 Å². The van der Waals surface area contributed by atoms with Crippen molar-refractivity contribution in [2.75, 3.05) is 31.9 Å². The number of hydrogen-bond donors (Lipinski definition) is 1. The van der Waals surface area contributed by atoms with Gasteiger partial charge in [-0.05, 0) is 39.4 Å². The first-order valence-electron chi connectivity index (χ1n) is 7.79. The van der Waals surface area contributed by atoms with Gasteiger partial charge in [-0.2, -0.15) is 0 Å². The van der Waals surface area contributed by atoms with Gasteiger partial charge in [-0.3, -0.25) is 4.79 Å². The average Bonchev–Trinajstić information content (AvgIpc) is 2.73. The van der Waals surface area contributed by atoms with Crippen LogP contribution in [0, 0.1) is 5.92 Å². The lowest BCUT2D eigenvalue weighted by Crippen LogP contribution is -2.36. The number of nitrogens with two attached hydrogens (primary N) is 1. The highest BCUT2D eigenvalue weighted by Gasteiger charge is 2.34. The molecule has 1 fully saturated rings. The summed E-state index contributed by atoms with van der Waals surface area (Å²) in [5.41, 5.74) is 0. The van der Waals surface area contributed by atoms with Crippen LogP contribution >= 0.6 is 0 Å². The molecule has 0 radical (unpaired) electrons. The molecular weight excluding hydrogens is 290 g/mol. The second-order valence-corrected chi connectivity index (χ2v) is 7.62. The summed E-state index contributed by atoms with van der Waals surface area (Å²) >= 11 is 0. The number of carbonyl (C=O) groups excluding carboxylic acids is 1. The molecule has 0 spiro atoms. The summed E-state index contributed by atoms with van der Waals surface area (Å²) < 4.78 is 22.3. The molecular formula is C14H29N3O3S. The van der Waals surface area contributed by atoms with Crippen LogP contribution in [0.5, 0.6) is 0 Å². The zero-order valence-electron chi connectivity index (χ0n) is 13.4. The summed E-state index contributed by atoms with van der Waals surface area (Å²) in [5.74, 6) is -0.196. The first kappa shape index (κ1) is 18.4. The minimum Gasteiger partial charge on any atom is -0.340 e. The van der Waals surface area contributed by atoms with E-state index in [1.165, 1.54) is 0 Å². The Morgan fingerprint density at radius 2 is 2.00 bits per heavy atom. The van der Waals surface area contributed by atoms with Crippen LogP contribution in [-0.4, -0.2) is 62.1 Å². The molecule has 1 aliphatic heterocycles. The molecule has 1 amide bonds. The van der Waals surface area contributed by atoms with Crippen molar-refractivity contribution < 1.29 is 13.2 Å². The second-order valence-electron chi connectivity index (χ2n) is 5.96. The van der Waals surface area contributed by atoms with Crippen LogP contribution < -0.4 is 5.14 Å². The molecule has 21 heavy (non-hydrogen) atoms. The maximum Gasteiger partial charge on any atom is 0.223 e. The standard InChI is InChI=1S/C14H29N3O3S/c1-4-16(5-2)8-6-7-12(3)17-10-13(9-14(17)18)11-21(15,19)20/h12-13H,4-11H2,1-3H3,(H2,15,19,20). The molecule has 1 heterocycles. The first-order valence-corrected chi connectivity index (χ1v) is 9.50. The van der Waals surface area contributed by atoms with Crippen molar-refractivity contribution in [1.82, 2.24) is 9.80 Å². The molecule has 0 aromatic heterocycles. The van der Waals surface area contributed by atoms with Gasteiger partial charge >= 0.3 is 0 Å². The minimum absolute atomic E-state index is 0.0546. The second kappa shape index (κ2) is 8.10. The van der Waals surface area contributed by atoms with Crippen molar-refractivity contribution in [3.8, 4) is 0 Å². The average molecular weight is 319 g/mol. The Bertz CT molecular complexity index is 435. The SMILES string of the molecule is CCN(CC)CCCC(C)N1CC(CS(N)(=O)=O)CC1=O. The molecule has 2 unspecified atom stereocenters. The summed E-state index contributed by atoms with van der Waals surface area (Å²) in [7, 11) is -3.50. The number of primary sulfonamides is 1. The Morgan fingerprint density at radius 3 is 2.52 bits per heavy atom. The van der Waals surface area contributed by atoms with Gasteiger partial charge in [-0.15, -0.1) is 0 Å². The van der Waals surface area contributed by atoms with E-state index in [-0.39, 0.29) is 23.6 Å². The number of likely N-dealkylation sites (tertiary alicyclic amines) is 1. The summed E-state index contributed by atoms with van der Waals surface area (Å²) in [6, 6.07) is 0.165. The van der Waals surface area contributed by atoms with Crippen LogP contribution in [0.4, 0.5) is 0 Å². The van der Waals surface area contributed by atoms with Gasteiger partial charge in [0, 0.05) is 24.9 Å². The third-order valence-corrected chi connectivity index (χ3v) is 5.17. The molecule has 0 saturated carbocycles. The highest BCUT2D eigenvalue weighted by atomic mass is 32.2. The molecule has 2 N–H and O–H groups in total. The van der Waals surface area contributed by atoms with Gasteiger partial charge in [0.25, 0.3) is 0 Å². The molecule has 0 aromatic rings. The van der Waals surface area contributed by atoms with E-state index in [0.717, 1.165) is 32.5 Å². The Labute approximate surface area is 128 Å². The summed E-state index contributed by atoms with van der Waals surface area (Å²) in [6.45, 7) is 9.98. The molecule has 0 bridgehead atoms.